The van der Waals surface area contributed by atoms with Crippen molar-refractivity contribution in [2.45, 2.75) is 12.5 Å². The lowest BCUT2D eigenvalue weighted by atomic mass is 9.69. The minimum Gasteiger partial charge on any atom is -0.473 e. The first-order chi connectivity index (χ1) is 7.74. The maximum absolute atomic E-state index is 6.02. The van der Waals surface area contributed by atoms with Crippen molar-refractivity contribution in [3.8, 4) is 5.88 Å². The number of halogens is 3. The number of hydrogen-bond donors (Lipinski definition) is 1. The average Bonchev–Trinajstić information content (AvgIpc) is 2.28. The molecule has 2 fully saturated rings. The van der Waals surface area contributed by atoms with Gasteiger partial charge in [0, 0.05) is 31.1 Å². The molecule has 94 valence electrons. The Morgan fingerprint density at radius 1 is 1.29 bits per heavy atom. The molecule has 1 saturated heterocycles. The number of fused-ring (bicyclic) bond motifs is 2. The van der Waals surface area contributed by atoms with Crippen LogP contribution in [0.1, 0.15) is 6.42 Å². The Morgan fingerprint density at radius 3 is 2.59 bits per heavy atom. The second-order valence-corrected chi connectivity index (χ2v) is 5.28. The van der Waals surface area contributed by atoms with Crippen molar-refractivity contribution in [1.82, 2.24) is 10.3 Å². The van der Waals surface area contributed by atoms with E-state index in [9.17, 15) is 0 Å². The molecule has 1 aromatic heterocycles. The highest BCUT2D eigenvalue weighted by atomic mass is 35.5. The van der Waals surface area contributed by atoms with Crippen LogP contribution in [-0.4, -0.2) is 24.2 Å². The van der Waals surface area contributed by atoms with E-state index in [1.807, 2.05) is 0 Å². The SMILES string of the molecule is Cl.Clc1cnc(OC2[C@@H]3CNC[C@H]2C3)c(Cl)c1. The van der Waals surface area contributed by atoms with Crippen molar-refractivity contribution in [2.24, 2.45) is 11.8 Å². The maximum atomic E-state index is 6.02. The largest absolute Gasteiger partial charge is 0.473 e. The third kappa shape index (κ3) is 2.48. The summed E-state index contributed by atoms with van der Waals surface area (Å²) in [5.41, 5.74) is 0. The molecule has 0 amide bonds. The van der Waals surface area contributed by atoms with E-state index in [-0.39, 0.29) is 18.5 Å². The molecule has 1 aliphatic carbocycles. The van der Waals surface area contributed by atoms with Crippen LogP contribution in [0.2, 0.25) is 10.0 Å². The van der Waals surface area contributed by atoms with Crippen LogP contribution in [0.25, 0.3) is 0 Å². The molecule has 0 radical (unpaired) electrons. The van der Waals surface area contributed by atoms with Gasteiger partial charge in [0.1, 0.15) is 11.1 Å². The van der Waals surface area contributed by atoms with Gasteiger partial charge in [0.15, 0.2) is 0 Å². The Labute approximate surface area is 116 Å². The lowest BCUT2D eigenvalue weighted by Crippen LogP contribution is -2.59. The van der Waals surface area contributed by atoms with E-state index in [1.54, 1.807) is 12.3 Å². The molecule has 2 aliphatic rings. The summed E-state index contributed by atoms with van der Waals surface area (Å²) in [5.74, 6) is 1.72. The Kier molecular flexibility index (Phi) is 4.03. The van der Waals surface area contributed by atoms with Crippen molar-refractivity contribution >= 4 is 35.6 Å². The molecule has 1 saturated carbocycles. The highest BCUT2D eigenvalue weighted by molar-refractivity contribution is 6.35. The first kappa shape index (κ1) is 13.2. The minimum absolute atomic E-state index is 0. The van der Waals surface area contributed by atoms with Gasteiger partial charge in [-0.2, -0.15) is 0 Å². The fraction of sp³-hybridized carbons (Fsp3) is 0.545. The topological polar surface area (TPSA) is 34.1 Å². The molecule has 3 atom stereocenters. The third-order valence-corrected chi connectivity index (χ3v) is 3.85. The number of nitrogens with one attached hydrogen (secondary N) is 1. The fourth-order valence-electron chi connectivity index (χ4n) is 2.51. The Hall–Kier alpha value is -0.220. The van der Waals surface area contributed by atoms with Crippen molar-refractivity contribution in [3.05, 3.63) is 22.3 Å². The second-order valence-electron chi connectivity index (χ2n) is 4.44. The van der Waals surface area contributed by atoms with Crippen LogP contribution in [-0.2, 0) is 0 Å². The van der Waals surface area contributed by atoms with Crippen LogP contribution >= 0.6 is 35.6 Å². The van der Waals surface area contributed by atoms with Crippen LogP contribution in [0.4, 0.5) is 0 Å². The standard InChI is InChI=1S/C11H12Cl2N2O.ClH/c12-8-2-9(13)11(15-5-8)16-10-6-1-7(10)4-14-3-6;/h2,5-7,10,14H,1,3-4H2;1H/t6-,7+,10?;. The predicted octanol–water partition coefficient (Wildman–Crippen LogP) is 2.80. The summed E-state index contributed by atoms with van der Waals surface area (Å²) in [6.07, 6.45) is 3.09. The van der Waals surface area contributed by atoms with Crippen LogP contribution in [0.3, 0.4) is 0 Å². The van der Waals surface area contributed by atoms with Gasteiger partial charge in [-0.05, 0) is 12.5 Å². The monoisotopic (exact) mass is 294 g/mol. The van der Waals surface area contributed by atoms with Gasteiger partial charge in [0.25, 0.3) is 0 Å². The Balaban J connectivity index is 0.00000108. The highest BCUT2D eigenvalue weighted by Crippen LogP contribution is 2.40. The Morgan fingerprint density at radius 2 is 2.00 bits per heavy atom. The minimum atomic E-state index is 0. The molecule has 0 aromatic carbocycles. The number of aromatic nitrogens is 1. The van der Waals surface area contributed by atoms with Gasteiger partial charge >= 0.3 is 0 Å². The third-order valence-electron chi connectivity index (χ3n) is 3.37. The molecule has 0 spiro atoms. The van der Waals surface area contributed by atoms with Gasteiger partial charge in [-0.15, -0.1) is 12.4 Å². The van der Waals surface area contributed by atoms with Gasteiger partial charge in [0.05, 0.1) is 5.02 Å². The second kappa shape index (κ2) is 5.19. The molecular formula is C11H13Cl3N2O. The lowest BCUT2D eigenvalue weighted by molar-refractivity contribution is -0.0469. The van der Waals surface area contributed by atoms with Crippen LogP contribution in [0, 0.1) is 11.8 Å². The predicted molar refractivity (Wildman–Crippen MR) is 70.4 cm³/mol. The number of rotatable bonds is 2. The molecule has 1 aromatic rings. The molecule has 3 rings (SSSR count). The van der Waals surface area contributed by atoms with Gasteiger partial charge in [-0.1, -0.05) is 23.2 Å². The van der Waals surface area contributed by atoms with Gasteiger partial charge in [0.2, 0.25) is 5.88 Å². The molecule has 1 unspecified atom stereocenters. The van der Waals surface area contributed by atoms with Crippen LogP contribution in [0.15, 0.2) is 12.3 Å². The zero-order chi connectivity index (χ0) is 11.1. The van der Waals surface area contributed by atoms with Gasteiger partial charge < -0.3 is 10.1 Å². The first-order valence-corrected chi connectivity index (χ1v) is 6.18. The van der Waals surface area contributed by atoms with Gasteiger partial charge in [-0.3, -0.25) is 0 Å². The molecular weight excluding hydrogens is 282 g/mol. The van der Waals surface area contributed by atoms with E-state index >= 15 is 0 Å². The summed E-state index contributed by atoms with van der Waals surface area (Å²) in [4.78, 5) is 4.12. The molecule has 1 aliphatic heterocycles. The summed E-state index contributed by atoms with van der Waals surface area (Å²) in [6, 6.07) is 1.66. The molecule has 3 nitrogen and oxygen atoms in total. The highest BCUT2D eigenvalue weighted by Gasteiger charge is 2.45. The zero-order valence-corrected chi connectivity index (χ0v) is 11.4. The Bertz CT molecular complexity index is 402. The molecule has 2 bridgehead atoms. The van der Waals surface area contributed by atoms with E-state index in [1.165, 1.54) is 6.42 Å². The van der Waals surface area contributed by atoms with Crippen LogP contribution in [0.5, 0.6) is 5.88 Å². The normalized spacial score (nSPS) is 30.1. The smallest absolute Gasteiger partial charge is 0.232 e. The summed E-state index contributed by atoms with van der Waals surface area (Å²) >= 11 is 11.8. The maximum Gasteiger partial charge on any atom is 0.232 e. The van der Waals surface area contributed by atoms with E-state index in [0.717, 1.165) is 13.1 Å². The number of ether oxygens (including phenoxy) is 1. The molecule has 17 heavy (non-hydrogen) atoms. The first-order valence-electron chi connectivity index (χ1n) is 5.42. The van der Waals surface area contributed by atoms with E-state index in [4.69, 9.17) is 27.9 Å². The molecule has 6 heteroatoms. The van der Waals surface area contributed by atoms with Crippen molar-refractivity contribution < 1.29 is 4.74 Å². The van der Waals surface area contributed by atoms with E-state index in [0.29, 0.717) is 27.8 Å². The quantitative estimate of drug-likeness (QED) is 0.911. The van der Waals surface area contributed by atoms with Gasteiger partial charge in [-0.25, -0.2) is 4.98 Å². The summed E-state index contributed by atoms with van der Waals surface area (Å²) in [6.45, 7) is 2.07. The van der Waals surface area contributed by atoms with E-state index in [2.05, 4.69) is 10.3 Å². The zero-order valence-electron chi connectivity index (χ0n) is 9.03. The van der Waals surface area contributed by atoms with E-state index < -0.39 is 0 Å². The molecule has 2 heterocycles. The number of nitrogens with zero attached hydrogens (tertiary/aromatic N) is 1. The lowest BCUT2D eigenvalue weighted by Gasteiger charge is -2.48. The molecule has 1 N–H and O–H groups in total. The van der Waals surface area contributed by atoms with Crippen molar-refractivity contribution in [3.63, 3.8) is 0 Å². The number of piperidine rings is 2. The summed E-state index contributed by atoms with van der Waals surface area (Å²) < 4.78 is 5.86. The summed E-state index contributed by atoms with van der Waals surface area (Å²) in [5, 5.41) is 4.40. The number of pyridine rings is 1. The number of hydrogen-bond acceptors (Lipinski definition) is 3. The average molecular weight is 296 g/mol. The van der Waals surface area contributed by atoms with Crippen LogP contribution < -0.4 is 10.1 Å². The van der Waals surface area contributed by atoms with Crippen molar-refractivity contribution in [1.29, 1.82) is 0 Å². The van der Waals surface area contributed by atoms with Crippen molar-refractivity contribution in [2.75, 3.05) is 13.1 Å². The fourth-order valence-corrected chi connectivity index (χ4v) is 2.93. The summed E-state index contributed by atoms with van der Waals surface area (Å²) in [7, 11) is 0.